The monoisotopic (exact) mass is 214 g/mol. The van der Waals surface area contributed by atoms with Gasteiger partial charge in [-0.2, -0.15) is 0 Å². The Bertz CT molecular complexity index is 162. The molecule has 90 valence electrons. The molecule has 1 rings (SSSR count). The number of hydrogen-bond acceptors (Lipinski definition) is 3. The van der Waals surface area contributed by atoms with Gasteiger partial charge in [0.05, 0.1) is 6.10 Å². The molecule has 0 aromatic carbocycles. The molecule has 1 heterocycles. The van der Waals surface area contributed by atoms with E-state index in [9.17, 15) is 0 Å². The van der Waals surface area contributed by atoms with Crippen LogP contribution in [0.3, 0.4) is 0 Å². The zero-order valence-electron chi connectivity index (χ0n) is 10.5. The normalized spacial score (nSPS) is 27.2. The average molecular weight is 214 g/mol. The summed E-state index contributed by atoms with van der Waals surface area (Å²) in [7, 11) is 4.25. The van der Waals surface area contributed by atoms with Crippen molar-refractivity contribution < 1.29 is 4.74 Å². The van der Waals surface area contributed by atoms with Crippen LogP contribution in [0.1, 0.15) is 32.6 Å². The van der Waals surface area contributed by atoms with Gasteiger partial charge in [-0.15, -0.1) is 0 Å². The van der Waals surface area contributed by atoms with E-state index in [1.165, 1.54) is 25.8 Å². The fourth-order valence-electron chi connectivity index (χ4n) is 2.05. The number of rotatable bonds is 6. The van der Waals surface area contributed by atoms with E-state index in [1.807, 2.05) is 0 Å². The Labute approximate surface area is 94.2 Å². The number of hydrogen-bond donors (Lipinski definition) is 1. The molecule has 0 bridgehead atoms. The van der Waals surface area contributed by atoms with Crippen LogP contribution in [0.2, 0.25) is 0 Å². The molecule has 1 N–H and O–H groups in total. The first-order valence-corrected chi connectivity index (χ1v) is 6.22. The fraction of sp³-hybridized carbons (Fsp3) is 1.00. The van der Waals surface area contributed by atoms with Gasteiger partial charge in [0.2, 0.25) is 0 Å². The summed E-state index contributed by atoms with van der Waals surface area (Å²) in [6, 6.07) is 0.686. The van der Waals surface area contributed by atoms with Crippen molar-refractivity contribution in [1.29, 1.82) is 0 Å². The lowest BCUT2D eigenvalue weighted by molar-refractivity contribution is -0.0000356. The van der Waals surface area contributed by atoms with Gasteiger partial charge in [0.1, 0.15) is 0 Å². The molecule has 2 unspecified atom stereocenters. The van der Waals surface area contributed by atoms with Gasteiger partial charge in [0.15, 0.2) is 0 Å². The van der Waals surface area contributed by atoms with Gasteiger partial charge >= 0.3 is 0 Å². The van der Waals surface area contributed by atoms with Gasteiger partial charge in [-0.25, -0.2) is 0 Å². The molecule has 3 nitrogen and oxygen atoms in total. The highest BCUT2D eigenvalue weighted by Crippen LogP contribution is 2.15. The highest BCUT2D eigenvalue weighted by atomic mass is 16.5. The number of nitrogens with one attached hydrogen (secondary N) is 1. The Hall–Kier alpha value is -0.120. The van der Waals surface area contributed by atoms with Crippen LogP contribution in [-0.2, 0) is 4.74 Å². The third-order valence-electron chi connectivity index (χ3n) is 3.04. The third-order valence-corrected chi connectivity index (χ3v) is 3.04. The predicted molar refractivity (Wildman–Crippen MR) is 64.2 cm³/mol. The SMILES string of the molecule is CCC1CC(NCCCN(C)C)CCO1. The van der Waals surface area contributed by atoms with Crippen molar-refractivity contribution in [2.24, 2.45) is 0 Å². The third kappa shape index (κ3) is 5.50. The van der Waals surface area contributed by atoms with E-state index in [4.69, 9.17) is 4.74 Å². The highest BCUT2D eigenvalue weighted by molar-refractivity contribution is 4.76. The maximum atomic E-state index is 5.65. The summed E-state index contributed by atoms with van der Waals surface area (Å²) in [6.07, 6.45) is 5.25. The van der Waals surface area contributed by atoms with Gasteiger partial charge in [-0.1, -0.05) is 6.92 Å². The molecule has 2 atom stereocenters. The molecule has 0 spiro atoms. The first-order chi connectivity index (χ1) is 7.22. The molecule has 1 saturated heterocycles. The number of nitrogens with zero attached hydrogens (tertiary/aromatic N) is 1. The molecule has 0 aromatic heterocycles. The first-order valence-electron chi connectivity index (χ1n) is 6.22. The van der Waals surface area contributed by atoms with Gasteiger partial charge in [0.25, 0.3) is 0 Å². The van der Waals surface area contributed by atoms with Crippen LogP contribution < -0.4 is 5.32 Å². The zero-order valence-corrected chi connectivity index (χ0v) is 10.5. The molecule has 1 aliphatic rings. The minimum absolute atomic E-state index is 0.491. The molecular formula is C12H26N2O. The maximum absolute atomic E-state index is 5.65. The molecule has 15 heavy (non-hydrogen) atoms. The second-order valence-electron chi connectivity index (χ2n) is 4.73. The summed E-state index contributed by atoms with van der Waals surface area (Å²) >= 11 is 0. The van der Waals surface area contributed by atoms with Crippen molar-refractivity contribution in [2.45, 2.75) is 44.8 Å². The van der Waals surface area contributed by atoms with E-state index in [0.29, 0.717) is 12.1 Å². The molecular weight excluding hydrogens is 188 g/mol. The van der Waals surface area contributed by atoms with Crippen molar-refractivity contribution in [1.82, 2.24) is 10.2 Å². The van der Waals surface area contributed by atoms with Crippen LogP contribution >= 0.6 is 0 Å². The second-order valence-corrected chi connectivity index (χ2v) is 4.73. The molecule has 0 aromatic rings. The van der Waals surface area contributed by atoms with Crippen molar-refractivity contribution in [3.63, 3.8) is 0 Å². The molecule has 0 aliphatic carbocycles. The first kappa shape index (κ1) is 12.9. The molecule has 3 heteroatoms. The van der Waals surface area contributed by atoms with E-state index in [0.717, 1.165) is 19.6 Å². The lowest BCUT2D eigenvalue weighted by atomic mass is 10.0. The Morgan fingerprint density at radius 1 is 1.40 bits per heavy atom. The number of ether oxygens (including phenoxy) is 1. The van der Waals surface area contributed by atoms with Gasteiger partial charge in [-0.3, -0.25) is 0 Å². The van der Waals surface area contributed by atoms with Crippen molar-refractivity contribution in [3.05, 3.63) is 0 Å². The summed E-state index contributed by atoms with van der Waals surface area (Å²) < 4.78 is 5.65. The quantitative estimate of drug-likeness (QED) is 0.678. The Morgan fingerprint density at radius 3 is 2.87 bits per heavy atom. The minimum Gasteiger partial charge on any atom is -0.378 e. The Balaban J connectivity index is 2.05. The molecule has 0 amide bonds. The second kappa shape index (κ2) is 7.20. The largest absolute Gasteiger partial charge is 0.378 e. The summed E-state index contributed by atoms with van der Waals surface area (Å²) in [5.41, 5.74) is 0. The van der Waals surface area contributed by atoms with E-state index < -0.39 is 0 Å². The summed E-state index contributed by atoms with van der Waals surface area (Å²) in [4.78, 5) is 2.24. The Kier molecular flexibility index (Phi) is 6.22. The lowest BCUT2D eigenvalue weighted by Crippen LogP contribution is -2.39. The van der Waals surface area contributed by atoms with E-state index in [-0.39, 0.29) is 0 Å². The maximum Gasteiger partial charge on any atom is 0.0587 e. The van der Waals surface area contributed by atoms with Crippen molar-refractivity contribution in [3.8, 4) is 0 Å². The lowest BCUT2D eigenvalue weighted by Gasteiger charge is -2.29. The zero-order chi connectivity index (χ0) is 11.1. The van der Waals surface area contributed by atoms with Crippen LogP contribution in [0, 0.1) is 0 Å². The van der Waals surface area contributed by atoms with Crippen molar-refractivity contribution in [2.75, 3.05) is 33.8 Å². The van der Waals surface area contributed by atoms with Gasteiger partial charge in [-0.05, 0) is 52.9 Å². The van der Waals surface area contributed by atoms with Crippen LogP contribution in [0.5, 0.6) is 0 Å². The van der Waals surface area contributed by atoms with E-state index in [2.05, 4.69) is 31.2 Å². The molecule has 0 saturated carbocycles. The smallest absolute Gasteiger partial charge is 0.0587 e. The predicted octanol–water partition coefficient (Wildman–Crippen LogP) is 1.49. The van der Waals surface area contributed by atoms with E-state index in [1.54, 1.807) is 0 Å². The van der Waals surface area contributed by atoms with Gasteiger partial charge in [0, 0.05) is 12.6 Å². The average Bonchev–Trinajstić information content (AvgIpc) is 2.24. The standard InChI is InChI=1S/C12H26N2O/c1-4-12-10-11(6-9-15-12)13-7-5-8-14(2)3/h11-13H,4-10H2,1-3H3. The Morgan fingerprint density at radius 2 is 2.20 bits per heavy atom. The minimum atomic E-state index is 0.491. The van der Waals surface area contributed by atoms with Crippen LogP contribution in [0.4, 0.5) is 0 Å². The fourth-order valence-corrected chi connectivity index (χ4v) is 2.05. The van der Waals surface area contributed by atoms with Crippen molar-refractivity contribution >= 4 is 0 Å². The summed E-state index contributed by atoms with van der Waals surface area (Å²) in [5, 5.41) is 3.63. The molecule has 1 aliphatic heterocycles. The van der Waals surface area contributed by atoms with Crippen LogP contribution in [0.25, 0.3) is 0 Å². The highest BCUT2D eigenvalue weighted by Gasteiger charge is 2.20. The van der Waals surface area contributed by atoms with E-state index >= 15 is 0 Å². The van der Waals surface area contributed by atoms with Crippen LogP contribution in [-0.4, -0.2) is 50.8 Å². The molecule has 1 fully saturated rings. The molecule has 0 radical (unpaired) electrons. The van der Waals surface area contributed by atoms with Crippen LogP contribution in [0.15, 0.2) is 0 Å². The summed E-state index contributed by atoms with van der Waals surface area (Å²) in [6.45, 7) is 5.45. The topological polar surface area (TPSA) is 24.5 Å². The van der Waals surface area contributed by atoms with Gasteiger partial charge < -0.3 is 15.0 Å². The summed E-state index contributed by atoms with van der Waals surface area (Å²) in [5.74, 6) is 0.